The summed E-state index contributed by atoms with van der Waals surface area (Å²) in [5.74, 6) is -0.321. The molecule has 1 amide bonds. The first-order chi connectivity index (χ1) is 13.3. The van der Waals surface area contributed by atoms with Crippen molar-refractivity contribution in [1.29, 1.82) is 0 Å². The maximum Gasteiger partial charge on any atom is 0.255 e. The number of sulfone groups is 1. The zero-order valence-corrected chi connectivity index (χ0v) is 17.4. The lowest BCUT2D eigenvalue weighted by Gasteiger charge is -2.35. The number of rotatable bonds is 5. The van der Waals surface area contributed by atoms with Crippen molar-refractivity contribution in [1.82, 2.24) is 4.90 Å². The van der Waals surface area contributed by atoms with E-state index in [2.05, 4.69) is 28.1 Å². The summed E-state index contributed by atoms with van der Waals surface area (Å²) >= 11 is 0. The summed E-state index contributed by atoms with van der Waals surface area (Å²) in [6.45, 7) is 9.35. The molecule has 6 nitrogen and oxygen atoms in total. The highest BCUT2D eigenvalue weighted by atomic mass is 32.2. The number of nitrogens with zero attached hydrogens (tertiary/aromatic N) is 2. The van der Waals surface area contributed by atoms with Gasteiger partial charge in [-0.2, -0.15) is 0 Å². The Hall–Kier alpha value is -2.38. The van der Waals surface area contributed by atoms with Gasteiger partial charge in [0.2, 0.25) is 0 Å². The third kappa shape index (κ3) is 4.72. The Morgan fingerprint density at radius 3 is 2.39 bits per heavy atom. The number of hydrogen-bond donors (Lipinski definition) is 1. The summed E-state index contributed by atoms with van der Waals surface area (Å²) in [4.78, 5) is 17.5. The second kappa shape index (κ2) is 8.32. The van der Waals surface area contributed by atoms with E-state index in [-0.39, 0.29) is 10.8 Å². The fourth-order valence-electron chi connectivity index (χ4n) is 3.37. The van der Waals surface area contributed by atoms with Crippen molar-refractivity contribution in [3.63, 3.8) is 0 Å². The summed E-state index contributed by atoms with van der Waals surface area (Å²) in [5.41, 5.74) is 3.18. The molecule has 0 saturated carbocycles. The molecule has 1 heterocycles. The van der Waals surface area contributed by atoms with Crippen molar-refractivity contribution < 1.29 is 13.2 Å². The number of piperazine rings is 1. The van der Waals surface area contributed by atoms with E-state index in [1.165, 1.54) is 12.1 Å². The molecular weight excluding hydrogens is 374 g/mol. The molecule has 2 aromatic carbocycles. The van der Waals surface area contributed by atoms with Crippen LogP contribution in [0.5, 0.6) is 0 Å². The average molecular weight is 402 g/mol. The molecule has 0 spiro atoms. The van der Waals surface area contributed by atoms with Crippen LogP contribution in [0.1, 0.15) is 22.8 Å². The lowest BCUT2D eigenvalue weighted by atomic mass is 10.1. The van der Waals surface area contributed by atoms with E-state index in [4.69, 9.17) is 0 Å². The number of aryl methyl sites for hydroxylation is 1. The quantitative estimate of drug-likeness (QED) is 0.834. The first-order valence-electron chi connectivity index (χ1n) is 9.47. The van der Waals surface area contributed by atoms with Crippen LogP contribution in [-0.2, 0) is 9.84 Å². The molecule has 0 aromatic heterocycles. The largest absolute Gasteiger partial charge is 0.369 e. The number of hydrogen-bond acceptors (Lipinski definition) is 5. The molecule has 1 aliphatic rings. The zero-order valence-electron chi connectivity index (χ0n) is 16.6. The fourth-order valence-corrected chi connectivity index (χ4v) is 4.04. The second-order valence-corrected chi connectivity index (χ2v) is 9.19. The van der Waals surface area contributed by atoms with Gasteiger partial charge in [-0.3, -0.25) is 4.79 Å². The number of anilines is 2. The van der Waals surface area contributed by atoms with Crippen molar-refractivity contribution in [3.8, 4) is 0 Å². The minimum absolute atomic E-state index is 0.137. The van der Waals surface area contributed by atoms with Gasteiger partial charge in [0.15, 0.2) is 9.84 Å². The highest BCUT2D eigenvalue weighted by Gasteiger charge is 2.17. The van der Waals surface area contributed by atoms with Gasteiger partial charge in [0, 0.05) is 49.4 Å². The molecule has 3 rings (SSSR count). The van der Waals surface area contributed by atoms with Crippen molar-refractivity contribution in [2.24, 2.45) is 0 Å². The predicted molar refractivity (Wildman–Crippen MR) is 113 cm³/mol. The van der Waals surface area contributed by atoms with Crippen LogP contribution in [0.2, 0.25) is 0 Å². The summed E-state index contributed by atoms with van der Waals surface area (Å²) < 4.78 is 23.4. The van der Waals surface area contributed by atoms with E-state index >= 15 is 0 Å². The molecule has 7 heteroatoms. The molecule has 0 aliphatic carbocycles. The molecule has 1 saturated heterocycles. The van der Waals surface area contributed by atoms with Crippen LogP contribution in [0, 0.1) is 6.92 Å². The van der Waals surface area contributed by atoms with Gasteiger partial charge in [0.25, 0.3) is 5.91 Å². The van der Waals surface area contributed by atoms with Crippen LogP contribution in [0.3, 0.4) is 0 Å². The van der Waals surface area contributed by atoms with Gasteiger partial charge < -0.3 is 15.1 Å². The molecule has 0 unspecified atom stereocenters. The molecule has 28 heavy (non-hydrogen) atoms. The molecule has 1 fully saturated rings. The van der Waals surface area contributed by atoms with E-state index in [0.29, 0.717) is 5.56 Å². The summed E-state index contributed by atoms with van der Waals surface area (Å²) in [5, 5.41) is 2.89. The summed E-state index contributed by atoms with van der Waals surface area (Å²) in [7, 11) is -3.35. The molecule has 150 valence electrons. The first-order valence-corrected chi connectivity index (χ1v) is 11.4. The maximum absolute atomic E-state index is 12.6. The topological polar surface area (TPSA) is 69.7 Å². The minimum Gasteiger partial charge on any atom is -0.369 e. The molecular formula is C21H27N3O3S. The van der Waals surface area contributed by atoms with E-state index < -0.39 is 9.84 Å². The monoisotopic (exact) mass is 401 g/mol. The number of benzene rings is 2. The molecule has 0 radical (unpaired) electrons. The molecule has 2 aromatic rings. The van der Waals surface area contributed by atoms with Gasteiger partial charge in [-0.05, 0) is 55.4 Å². The van der Waals surface area contributed by atoms with Gasteiger partial charge in [-0.25, -0.2) is 8.42 Å². The van der Waals surface area contributed by atoms with Crippen LogP contribution >= 0.6 is 0 Å². The Morgan fingerprint density at radius 1 is 1.07 bits per heavy atom. The Balaban J connectivity index is 1.72. The number of carbonyl (C=O) groups excluding carboxylic acids is 1. The van der Waals surface area contributed by atoms with Gasteiger partial charge in [0.05, 0.1) is 4.90 Å². The minimum atomic E-state index is -3.35. The third-order valence-electron chi connectivity index (χ3n) is 5.17. The summed E-state index contributed by atoms with van der Waals surface area (Å²) in [6, 6.07) is 12.1. The van der Waals surface area contributed by atoms with Crippen molar-refractivity contribution in [2.45, 2.75) is 18.7 Å². The van der Waals surface area contributed by atoms with Crippen LogP contribution in [0.15, 0.2) is 47.4 Å². The fraction of sp³-hybridized carbons (Fsp3) is 0.381. The van der Waals surface area contributed by atoms with E-state index in [0.717, 1.165) is 55.9 Å². The van der Waals surface area contributed by atoms with Gasteiger partial charge in [-0.15, -0.1) is 0 Å². The average Bonchev–Trinajstić information content (AvgIpc) is 2.69. The summed E-state index contributed by atoms with van der Waals surface area (Å²) in [6.07, 6.45) is 1.13. The van der Waals surface area contributed by atoms with Gasteiger partial charge >= 0.3 is 0 Å². The molecule has 1 N–H and O–H groups in total. The van der Waals surface area contributed by atoms with Crippen LogP contribution < -0.4 is 10.2 Å². The zero-order chi connectivity index (χ0) is 20.3. The van der Waals surface area contributed by atoms with Gasteiger partial charge in [-0.1, -0.05) is 13.0 Å². The smallest absolute Gasteiger partial charge is 0.255 e. The van der Waals surface area contributed by atoms with Crippen molar-refractivity contribution in [2.75, 3.05) is 49.2 Å². The molecule has 1 aliphatic heterocycles. The lowest BCUT2D eigenvalue weighted by Crippen LogP contribution is -2.46. The van der Waals surface area contributed by atoms with E-state index in [9.17, 15) is 13.2 Å². The lowest BCUT2D eigenvalue weighted by molar-refractivity contribution is 0.102. The highest BCUT2D eigenvalue weighted by Crippen LogP contribution is 2.24. The second-order valence-electron chi connectivity index (χ2n) is 7.17. The Bertz CT molecular complexity index is 965. The van der Waals surface area contributed by atoms with E-state index in [1.54, 1.807) is 12.1 Å². The third-order valence-corrected chi connectivity index (χ3v) is 6.28. The van der Waals surface area contributed by atoms with Crippen molar-refractivity contribution in [3.05, 3.63) is 53.6 Å². The standard InChI is InChI=1S/C21H27N3O3S/c1-4-23-10-12-24(13-11-23)18-8-9-20(16(2)14-18)22-21(25)17-6-5-7-19(15-17)28(3,26)27/h5-9,14-15H,4,10-13H2,1-3H3,(H,22,25). The number of likely N-dealkylation sites (N-methyl/N-ethyl adjacent to an activating group) is 1. The number of amides is 1. The van der Waals surface area contributed by atoms with Crippen LogP contribution in [0.25, 0.3) is 0 Å². The van der Waals surface area contributed by atoms with Crippen molar-refractivity contribution >= 4 is 27.1 Å². The Kier molecular flexibility index (Phi) is 6.05. The van der Waals surface area contributed by atoms with E-state index in [1.807, 2.05) is 19.1 Å². The van der Waals surface area contributed by atoms with Crippen LogP contribution in [-0.4, -0.2) is 58.2 Å². The SMILES string of the molecule is CCN1CCN(c2ccc(NC(=O)c3cccc(S(C)(=O)=O)c3)c(C)c2)CC1. The Morgan fingerprint density at radius 2 is 1.79 bits per heavy atom. The number of nitrogens with one attached hydrogen (secondary N) is 1. The number of carbonyl (C=O) groups is 1. The molecule has 0 bridgehead atoms. The molecule has 0 atom stereocenters. The first kappa shape index (κ1) is 20.4. The normalized spacial score (nSPS) is 15.5. The highest BCUT2D eigenvalue weighted by molar-refractivity contribution is 7.90. The Labute approximate surface area is 167 Å². The maximum atomic E-state index is 12.6. The predicted octanol–water partition coefficient (Wildman–Crippen LogP) is 2.79. The van der Waals surface area contributed by atoms with Crippen LogP contribution in [0.4, 0.5) is 11.4 Å². The van der Waals surface area contributed by atoms with Gasteiger partial charge in [0.1, 0.15) is 0 Å².